The number of rotatable bonds is 4. The zero-order chi connectivity index (χ0) is 22.2. The van der Waals surface area contributed by atoms with Crippen molar-refractivity contribution in [2.45, 2.75) is 19.1 Å². The summed E-state index contributed by atoms with van der Waals surface area (Å²) in [6.07, 6.45) is -2.87. The Balaban J connectivity index is 1.34. The lowest BCUT2D eigenvalue weighted by atomic mass is 10.1. The number of anilines is 2. The number of aromatic amines is 1. The normalized spacial score (nSPS) is 17.2. The summed E-state index contributed by atoms with van der Waals surface area (Å²) in [7, 11) is 0. The molecule has 0 unspecified atom stereocenters. The molecule has 2 N–H and O–H groups in total. The van der Waals surface area contributed by atoms with Gasteiger partial charge in [0.15, 0.2) is 11.2 Å². The van der Waals surface area contributed by atoms with Crippen molar-refractivity contribution >= 4 is 28.5 Å². The Morgan fingerprint density at radius 1 is 1.29 bits per heavy atom. The summed E-state index contributed by atoms with van der Waals surface area (Å²) in [5, 5.41) is 2.97. The summed E-state index contributed by atoms with van der Waals surface area (Å²) in [5.74, 6) is -0.717. The van der Waals surface area contributed by atoms with Crippen LogP contribution in [0.4, 0.5) is 24.5 Å². The van der Waals surface area contributed by atoms with Crippen molar-refractivity contribution in [2.24, 2.45) is 0 Å². The Hall–Kier alpha value is -3.50. The summed E-state index contributed by atoms with van der Waals surface area (Å²) >= 11 is 0. The van der Waals surface area contributed by atoms with Crippen LogP contribution in [0.5, 0.6) is 0 Å². The molecule has 1 saturated heterocycles. The SMILES string of the molecule is C[C@@H]1CN(C(=O)CNc2cnc3[nH]c(=O)oc3c2)CCN1c1ccc(C(F)(F)F)cc1. The fourth-order valence-corrected chi connectivity index (χ4v) is 3.63. The first-order chi connectivity index (χ1) is 14.7. The van der Waals surface area contributed by atoms with Crippen molar-refractivity contribution < 1.29 is 22.4 Å². The molecule has 2 aromatic heterocycles. The number of pyridine rings is 1. The van der Waals surface area contributed by atoms with Gasteiger partial charge in [0, 0.05) is 37.4 Å². The van der Waals surface area contributed by atoms with Crippen molar-refractivity contribution in [1.29, 1.82) is 0 Å². The van der Waals surface area contributed by atoms with Crippen LogP contribution in [0.15, 0.2) is 45.7 Å². The van der Waals surface area contributed by atoms with E-state index in [0.717, 1.165) is 12.1 Å². The maximum Gasteiger partial charge on any atom is 0.418 e. The van der Waals surface area contributed by atoms with Crippen molar-refractivity contribution in [3.63, 3.8) is 0 Å². The van der Waals surface area contributed by atoms with Crippen LogP contribution in [0.1, 0.15) is 12.5 Å². The van der Waals surface area contributed by atoms with Gasteiger partial charge in [0.25, 0.3) is 0 Å². The van der Waals surface area contributed by atoms with Gasteiger partial charge in [0.1, 0.15) is 0 Å². The molecule has 164 valence electrons. The van der Waals surface area contributed by atoms with E-state index in [0.29, 0.717) is 42.2 Å². The summed E-state index contributed by atoms with van der Waals surface area (Å²) < 4.78 is 43.2. The molecule has 1 fully saturated rings. The van der Waals surface area contributed by atoms with Crippen LogP contribution in [-0.2, 0) is 11.0 Å². The Bertz CT molecular complexity index is 1140. The molecule has 4 rings (SSSR count). The average Bonchev–Trinajstić information content (AvgIpc) is 3.10. The first kappa shape index (κ1) is 20.8. The lowest BCUT2D eigenvalue weighted by Crippen LogP contribution is -2.54. The molecule has 3 aromatic rings. The van der Waals surface area contributed by atoms with E-state index in [-0.39, 0.29) is 18.5 Å². The molecule has 31 heavy (non-hydrogen) atoms. The average molecular weight is 435 g/mol. The largest absolute Gasteiger partial charge is 0.418 e. The highest BCUT2D eigenvalue weighted by atomic mass is 19.4. The summed E-state index contributed by atoms with van der Waals surface area (Å²) in [4.78, 5) is 34.0. The quantitative estimate of drug-likeness (QED) is 0.655. The molecular weight excluding hydrogens is 415 g/mol. The van der Waals surface area contributed by atoms with Gasteiger partial charge in [-0.05, 0) is 31.2 Å². The number of amides is 1. The number of halogens is 3. The van der Waals surface area contributed by atoms with Crippen LogP contribution in [0.2, 0.25) is 0 Å². The summed E-state index contributed by atoms with van der Waals surface area (Å²) in [6.45, 7) is 3.38. The van der Waals surface area contributed by atoms with Gasteiger partial charge in [-0.3, -0.25) is 9.78 Å². The van der Waals surface area contributed by atoms with Crippen molar-refractivity contribution in [1.82, 2.24) is 14.9 Å². The van der Waals surface area contributed by atoms with Crippen molar-refractivity contribution in [3.05, 3.63) is 52.6 Å². The number of oxazole rings is 1. The van der Waals surface area contributed by atoms with E-state index in [4.69, 9.17) is 4.42 Å². The number of aromatic nitrogens is 2. The number of carbonyl (C=O) groups excluding carboxylic acids is 1. The smallest absolute Gasteiger partial charge is 0.406 e. The third kappa shape index (κ3) is 4.49. The van der Waals surface area contributed by atoms with Gasteiger partial charge in [-0.1, -0.05) is 0 Å². The van der Waals surface area contributed by atoms with Crippen LogP contribution in [0.3, 0.4) is 0 Å². The molecule has 8 nitrogen and oxygen atoms in total. The molecule has 0 spiro atoms. The van der Waals surface area contributed by atoms with Gasteiger partial charge in [-0.15, -0.1) is 0 Å². The molecule has 1 aromatic carbocycles. The Morgan fingerprint density at radius 3 is 2.71 bits per heavy atom. The number of nitrogens with zero attached hydrogens (tertiary/aromatic N) is 3. The van der Waals surface area contributed by atoms with E-state index in [1.807, 2.05) is 11.8 Å². The van der Waals surface area contributed by atoms with E-state index in [9.17, 15) is 22.8 Å². The maximum absolute atomic E-state index is 12.8. The standard InChI is InChI=1S/C20H20F3N5O3/c1-12-11-27(6-7-28(12)15-4-2-13(3-5-15)20(21,22)23)17(29)10-24-14-8-16-18(25-9-14)26-19(30)31-16/h2-5,8-9,12,24H,6-7,10-11H2,1H3,(H,25,26,30)/t12-/m1/s1. The molecule has 1 aliphatic heterocycles. The second-order valence-electron chi connectivity index (χ2n) is 7.37. The number of carbonyl (C=O) groups is 1. The fraction of sp³-hybridized carbons (Fsp3) is 0.350. The zero-order valence-corrected chi connectivity index (χ0v) is 16.6. The predicted molar refractivity (Wildman–Crippen MR) is 108 cm³/mol. The molecule has 1 atom stereocenters. The second-order valence-corrected chi connectivity index (χ2v) is 7.37. The number of H-pyrrole nitrogens is 1. The first-order valence-corrected chi connectivity index (χ1v) is 9.65. The number of hydrogen-bond donors (Lipinski definition) is 2. The van der Waals surface area contributed by atoms with Crippen LogP contribution >= 0.6 is 0 Å². The number of benzene rings is 1. The van der Waals surface area contributed by atoms with E-state index in [1.54, 1.807) is 11.0 Å². The minimum absolute atomic E-state index is 0.0365. The molecule has 1 amide bonds. The number of piperazine rings is 1. The zero-order valence-electron chi connectivity index (χ0n) is 16.6. The van der Waals surface area contributed by atoms with Gasteiger partial charge >= 0.3 is 11.9 Å². The Morgan fingerprint density at radius 2 is 2.03 bits per heavy atom. The highest BCUT2D eigenvalue weighted by Gasteiger charge is 2.31. The molecular formula is C20H20F3N5O3. The minimum Gasteiger partial charge on any atom is -0.406 e. The molecule has 11 heteroatoms. The third-order valence-corrected chi connectivity index (χ3v) is 5.23. The number of fused-ring (bicyclic) bond motifs is 1. The summed E-state index contributed by atoms with van der Waals surface area (Å²) in [5.41, 5.74) is 1.17. The van der Waals surface area contributed by atoms with Crippen LogP contribution in [-0.4, -0.2) is 53.0 Å². The van der Waals surface area contributed by atoms with E-state index >= 15 is 0 Å². The van der Waals surface area contributed by atoms with Gasteiger partial charge < -0.3 is 19.5 Å². The lowest BCUT2D eigenvalue weighted by molar-refractivity contribution is -0.137. The van der Waals surface area contributed by atoms with Crippen molar-refractivity contribution in [3.8, 4) is 0 Å². The van der Waals surface area contributed by atoms with E-state index < -0.39 is 17.5 Å². The van der Waals surface area contributed by atoms with Crippen LogP contribution in [0, 0.1) is 0 Å². The molecule has 1 aliphatic rings. The van der Waals surface area contributed by atoms with Crippen LogP contribution in [0.25, 0.3) is 11.2 Å². The van der Waals surface area contributed by atoms with Gasteiger partial charge in [0.2, 0.25) is 5.91 Å². The number of hydrogen-bond acceptors (Lipinski definition) is 6. The number of nitrogens with one attached hydrogen (secondary N) is 2. The third-order valence-electron chi connectivity index (χ3n) is 5.23. The van der Waals surface area contributed by atoms with Gasteiger partial charge in [-0.25, -0.2) is 9.78 Å². The van der Waals surface area contributed by atoms with Gasteiger partial charge in [-0.2, -0.15) is 13.2 Å². The maximum atomic E-state index is 12.8. The Labute approximate surface area is 174 Å². The first-order valence-electron chi connectivity index (χ1n) is 9.65. The second kappa shape index (κ2) is 7.97. The van der Waals surface area contributed by atoms with E-state index in [1.165, 1.54) is 18.3 Å². The molecule has 0 radical (unpaired) electrons. The predicted octanol–water partition coefficient (Wildman–Crippen LogP) is 2.68. The number of alkyl halides is 3. The summed E-state index contributed by atoms with van der Waals surface area (Å²) in [6, 6.07) is 6.59. The monoisotopic (exact) mass is 435 g/mol. The molecule has 0 bridgehead atoms. The molecule has 0 saturated carbocycles. The van der Waals surface area contributed by atoms with Crippen molar-refractivity contribution in [2.75, 3.05) is 36.4 Å². The highest BCUT2D eigenvalue weighted by Crippen LogP contribution is 2.31. The molecule has 0 aliphatic carbocycles. The topological polar surface area (TPSA) is 94.5 Å². The van der Waals surface area contributed by atoms with E-state index in [2.05, 4.69) is 15.3 Å². The minimum atomic E-state index is -4.37. The fourth-order valence-electron chi connectivity index (χ4n) is 3.63. The Kier molecular flexibility index (Phi) is 5.34. The highest BCUT2D eigenvalue weighted by molar-refractivity contribution is 5.82. The van der Waals surface area contributed by atoms with Crippen LogP contribution < -0.4 is 16.0 Å². The molecule has 3 heterocycles. The van der Waals surface area contributed by atoms with Gasteiger partial charge in [0.05, 0.1) is 24.0 Å². The lowest BCUT2D eigenvalue weighted by Gasteiger charge is -2.41.